The van der Waals surface area contributed by atoms with Crippen molar-refractivity contribution in [1.29, 1.82) is 0 Å². The molecule has 0 radical (unpaired) electrons. The third kappa shape index (κ3) is 2.93. The molecule has 0 amide bonds. The Balaban J connectivity index is 1.76. The van der Waals surface area contributed by atoms with Crippen LogP contribution >= 0.6 is 11.6 Å². The zero-order valence-corrected chi connectivity index (χ0v) is 13.3. The molecule has 3 atom stereocenters. The van der Waals surface area contributed by atoms with Crippen LogP contribution in [0.1, 0.15) is 19.8 Å². The Bertz CT molecular complexity index is 613. The van der Waals surface area contributed by atoms with Gasteiger partial charge in [-0.15, -0.1) is 0 Å². The standard InChI is InChI=1S/C16H22ClN3O/c1-11-12(14(18-2)8-10-21-11)7-9-20-15-6-4-3-5-13(15)16(17)19-20/h3-6,11-12,14,18H,7-10H2,1-2H3. The molecule has 1 aromatic heterocycles. The first-order valence-corrected chi connectivity index (χ1v) is 7.98. The molecular weight excluding hydrogens is 286 g/mol. The van der Waals surface area contributed by atoms with Crippen LogP contribution in [0.5, 0.6) is 0 Å². The number of nitrogens with one attached hydrogen (secondary N) is 1. The van der Waals surface area contributed by atoms with Crippen molar-refractivity contribution in [1.82, 2.24) is 15.1 Å². The lowest BCUT2D eigenvalue weighted by atomic mass is 9.87. The Morgan fingerprint density at radius 1 is 1.43 bits per heavy atom. The van der Waals surface area contributed by atoms with Crippen LogP contribution in [0.4, 0.5) is 0 Å². The van der Waals surface area contributed by atoms with Crippen molar-refractivity contribution < 1.29 is 4.74 Å². The summed E-state index contributed by atoms with van der Waals surface area (Å²) in [5, 5.41) is 9.51. The highest BCUT2D eigenvalue weighted by atomic mass is 35.5. The molecule has 5 heteroatoms. The Kier molecular flexibility index (Phi) is 4.48. The lowest BCUT2D eigenvalue weighted by molar-refractivity contribution is -0.0352. The number of aryl methyl sites for hydroxylation is 1. The van der Waals surface area contributed by atoms with Gasteiger partial charge in [0, 0.05) is 30.5 Å². The van der Waals surface area contributed by atoms with E-state index in [9.17, 15) is 0 Å². The van der Waals surface area contributed by atoms with Gasteiger partial charge in [0.05, 0.1) is 11.6 Å². The van der Waals surface area contributed by atoms with Crippen molar-refractivity contribution in [2.45, 2.75) is 38.5 Å². The van der Waals surface area contributed by atoms with Crippen LogP contribution in [0, 0.1) is 5.92 Å². The highest BCUT2D eigenvalue weighted by molar-refractivity contribution is 6.34. The molecule has 1 fully saturated rings. The fourth-order valence-electron chi connectivity index (χ4n) is 3.37. The zero-order chi connectivity index (χ0) is 14.8. The largest absolute Gasteiger partial charge is 0.378 e. The fraction of sp³-hybridized carbons (Fsp3) is 0.562. The summed E-state index contributed by atoms with van der Waals surface area (Å²) in [5.41, 5.74) is 1.10. The maximum absolute atomic E-state index is 6.21. The number of benzene rings is 1. The average Bonchev–Trinajstić information content (AvgIpc) is 2.83. The second kappa shape index (κ2) is 6.34. The van der Waals surface area contributed by atoms with Crippen LogP contribution in [0.2, 0.25) is 5.15 Å². The Morgan fingerprint density at radius 2 is 2.24 bits per heavy atom. The number of para-hydroxylation sites is 1. The summed E-state index contributed by atoms with van der Waals surface area (Å²) in [6.45, 7) is 3.88. The number of rotatable bonds is 4. The van der Waals surface area contributed by atoms with Gasteiger partial charge in [-0.1, -0.05) is 23.7 Å². The topological polar surface area (TPSA) is 39.1 Å². The van der Waals surface area contributed by atoms with Crippen LogP contribution in [0.25, 0.3) is 10.9 Å². The summed E-state index contributed by atoms with van der Waals surface area (Å²) in [6.07, 6.45) is 2.40. The van der Waals surface area contributed by atoms with Crippen molar-refractivity contribution >= 4 is 22.5 Å². The summed E-state index contributed by atoms with van der Waals surface area (Å²) in [6, 6.07) is 8.63. The van der Waals surface area contributed by atoms with E-state index in [4.69, 9.17) is 16.3 Å². The van der Waals surface area contributed by atoms with Gasteiger partial charge < -0.3 is 10.1 Å². The minimum absolute atomic E-state index is 0.286. The number of aromatic nitrogens is 2. The smallest absolute Gasteiger partial charge is 0.158 e. The lowest BCUT2D eigenvalue weighted by Crippen LogP contribution is -2.45. The van der Waals surface area contributed by atoms with Gasteiger partial charge in [0.15, 0.2) is 5.15 Å². The fourth-order valence-corrected chi connectivity index (χ4v) is 3.62. The lowest BCUT2D eigenvalue weighted by Gasteiger charge is -2.36. The highest BCUT2D eigenvalue weighted by Crippen LogP contribution is 2.27. The maximum atomic E-state index is 6.21. The highest BCUT2D eigenvalue weighted by Gasteiger charge is 2.30. The van der Waals surface area contributed by atoms with E-state index in [0.717, 1.165) is 36.9 Å². The number of ether oxygens (including phenoxy) is 1. The SMILES string of the molecule is CNC1CCOC(C)C1CCn1nc(Cl)c2ccccc21. The van der Waals surface area contributed by atoms with Crippen molar-refractivity contribution in [3.05, 3.63) is 29.4 Å². The van der Waals surface area contributed by atoms with Crippen LogP contribution < -0.4 is 5.32 Å². The van der Waals surface area contributed by atoms with Crippen LogP contribution in [-0.2, 0) is 11.3 Å². The van der Waals surface area contributed by atoms with Gasteiger partial charge in [-0.2, -0.15) is 5.10 Å². The summed E-state index contributed by atoms with van der Waals surface area (Å²) in [5.74, 6) is 0.505. The van der Waals surface area contributed by atoms with E-state index in [0.29, 0.717) is 17.1 Å². The van der Waals surface area contributed by atoms with Crippen LogP contribution in [-0.4, -0.2) is 35.6 Å². The molecule has 0 aliphatic carbocycles. The van der Waals surface area contributed by atoms with E-state index < -0.39 is 0 Å². The monoisotopic (exact) mass is 307 g/mol. The van der Waals surface area contributed by atoms with Crippen molar-refractivity contribution in [3.63, 3.8) is 0 Å². The van der Waals surface area contributed by atoms with Gasteiger partial charge >= 0.3 is 0 Å². The Labute approximate surface area is 130 Å². The molecule has 21 heavy (non-hydrogen) atoms. The second-order valence-corrected chi connectivity index (χ2v) is 6.10. The van der Waals surface area contributed by atoms with Gasteiger partial charge in [-0.25, -0.2) is 0 Å². The molecule has 0 spiro atoms. The minimum Gasteiger partial charge on any atom is -0.378 e. The van der Waals surface area contributed by atoms with E-state index in [1.165, 1.54) is 0 Å². The van der Waals surface area contributed by atoms with Crippen molar-refractivity contribution in [3.8, 4) is 0 Å². The Hall–Kier alpha value is -1.10. The number of hydrogen-bond donors (Lipinski definition) is 1. The Morgan fingerprint density at radius 3 is 3.05 bits per heavy atom. The summed E-state index contributed by atoms with van der Waals surface area (Å²) < 4.78 is 7.83. The molecule has 2 aromatic rings. The van der Waals surface area contributed by atoms with E-state index in [1.807, 2.05) is 29.9 Å². The van der Waals surface area contributed by atoms with Crippen LogP contribution in [0.15, 0.2) is 24.3 Å². The molecule has 3 rings (SSSR count). The number of halogens is 1. The van der Waals surface area contributed by atoms with Gasteiger partial charge in [0.1, 0.15) is 0 Å². The third-order valence-corrected chi connectivity index (χ3v) is 4.87. The molecule has 0 bridgehead atoms. The van der Waals surface area contributed by atoms with E-state index in [-0.39, 0.29) is 6.10 Å². The third-order valence-electron chi connectivity index (χ3n) is 4.59. The molecule has 4 nitrogen and oxygen atoms in total. The maximum Gasteiger partial charge on any atom is 0.158 e. The molecule has 1 aliphatic heterocycles. The minimum atomic E-state index is 0.286. The van der Waals surface area contributed by atoms with E-state index in [1.54, 1.807) is 0 Å². The molecule has 1 aromatic carbocycles. The predicted octanol–water partition coefficient (Wildman–Crippen LogP) is 3.09. The normalized spacial score (nSPS) is 26.3. The average molecular weight is 308 g/mol. The molecule has 1 aliphatic rings. The summed E-state index contributed by atoms with van der Waals surface area (Å²) in [7, 11) is 2.04. The van der Waals surface area contributed by atoms with Gasteiger partial charge in [-0.05, 0) is 38.9 Å². The molecule has 0 saturated carbocycles. The van der Waals surface area contributed by atoms with Gasteiger partial charge in [-0.3, -0.25) is 4.68 Å². The number of hydrogen-bond acceptors (Lipinski definition) is 3. The van der Waals surface area contributed by atoms with Gasteiger partial charge in [0.25, 0.3) is 0 Å². The van der Waals surface area contributed by atoms with E-state index in [2.05, 4.69) is 23.4 Å². The molecule has 1 N–H and O–H groups in total. The number of nitrogens with zero attached hydrogens (tertiary/aromatic N) is 2. The number of fused-ring (bicyclic) bond motifs is 1. The molecule has 114 valence electrons. The molecular formula is C16H22ClN3O. The van der Waals surface area contributed by atoms with Gasteiger partial charge in [0.2, 0.25) is 0 Å². The van der Waals surface area contributed by atoms with Crippen LogP contribution in [0.3, 0.4) is 0 Å². The first kappa shape index (κ1) is 14.8. The van der Waals surface area contributed by atoms with Crippen molar-refractivity contribution in [2.24, 2.45) is 5.92 Å². The molecule has 1 saturated heterocycles. The first-order chi connectivity index (χ1) is 10.2. The summed E-state index contributed by atoms with van der Waals surface area (Å²) in [4.78, 5) is 0. The second-order valence-electron chi connectivity index (χ2n) is 5.74. The molecule has 2 heterocycles. The van der Waals surface area contributed by atoms with E-state index >= 15 is 0 Å². The van der Waals surface area contributed by atoms with Crippen molar-refractivity contribution in [2.75, 3.05) is 13.7 Å². The predicted molar refractivity (Wildman–Crippen MR) is 85.7 cm³/mol. The quantitative estimate of drug-likeness (QED) is 0.943. The zero-order valence-electron chi connectivity index (χ0n) is 12.6. The first-order valence-electron chi connectivity index (χ1n) is 7.60. The summed E-state index contributed by atoms with van der Waals surface area (Å²) >= 11 is 6.21. The molecule has 3 unspecified atom stereocenters.